The van der Waals surface area contributed by atoms with E-state index in [1.807, 2.05) is 0 Å². The van der Waals surface area contributed by atoms with E-state index in [0.29, 0.717) is 11.1 Å². The average molecular weight is 358 g/mol. The molecule has 6 heteroatoms. The van der Waals surface area contributed by atoms with Gasteiger partial charge in [-0.3, -0.25) is 0 Å². The third-order valence-corrected chi connectivity index (χ3v) is 5.12. The quantitative estimate of drug-likeness (QED) is 0.914. The Morgan fingerprint density at radius 2 is 1.70 bits per heavy atom. The highest BCUT2D eigenvalue weighted by molar-refractivity contribution is 9.10. The molecule has 2 rings (SSSR count). The van der Waals surface area contributed by atoms with E-state index >= 15 is 0 Å². The first kappa shape index (κ1) is 15.2. The normalized spacial score (nSPS) is 11.6. The van der Waals surface area contributed by atoms with Crippen molar-refractivity contribution in [2.24, 2.45) is 5.73 Å². The number of rotatable bonds is 4. The van der Waals surface area contributed by atoms with Crippen molar-refractivity contribution in [3.8, 4) is 0 Å². The van der Waals surface area contributed by atoms with Crippen molar-refractivity contribution in [1.82, 2.24) is 0 Å². The van der Waals surface area contributed by atoms with Crippen molar-refractivity contribution < 1.29 is 12.8 Å². The lowest BCUT2D eigenvalue weighted by molar-refractivity contribution is 0.594. The molecule has 2 aromatic rings. The smallest absolute Gasteiger partial charge is 0.182 e. The molecule has 0 atom stereocenters. The highest BCUT2D eigenvalue weighted by atomic mass is 79.9. The van der Waals surface area contributed by atoms with Gasteiger partial charge in [0.2, 0.25) is 0 Å². The van der Waals surface area contributed by atoms with Crippen LogP contribution in [0, 0.1) is 5.82 Å². The summed E-state index contributed by atoms with van der Waals surface area (Å²) in [6.07, 6.45) is 0. The molecule has 0 unspecified atom stereocenters. The molecule has 3 nitrogen and oxygen atoms in total. The molecule has 0 saturated heterocycles. The first-order chi connectivity index (χ1) is 9.42. The highest BCUT2D eigenvalue weighted by Gasteiger charge is 2.17. The van der Waals surface area contributed by atoms with Gasteiger partial charge in [-0.15, -0.1) is 0 Å². The molecular formula is C14H13BrFNO2S. The number of hydrogen-bond acceptors (Lipinski definition) is 3. The summed E-state index contributed by atoms with van der Waals surface area (Å²) in [5.74, 6) is -0.734. The number of benzene rings is 2. The molecule has 0 radical (unpaired) electrons. The van der Waals surface area contributed by atoms with Crippen LogP contribution < -0.4 is 5.73 Å². The van der Waals surface area contributed by atoms with Crippen LogP contribution >= 0.6 is 15.9 Å². The second-order valence-electron chi connectivity index (χ2n) is 4.33. The average Bonchev–Trinajstić information content (AvgIpc) is 2.39. The van der Waals surface area contributed by atoms with Gasteiger partial charge in [-0.25, -0.2) is 12.8 Å². The van der Waals surface area contributed by atoms with Crippen molar-refractivity contribution in [2.75, 3.05) is 0 Å². The Bertz CT molecular complexity index is 714. The van der Waals surface area contributed by atoms with E-state index in [1.54, 1.807) is 12.1 Å². The minimum atomic E-state index is -3.52. The van der Waals surface area contributed by atoms with Crippen molar-refractivity contribution in [3.05, 3.63) is 63.9 Å². The van der Waals surface area contributed by atoms with Crippen LogP contribution in [0.4, 0.5) is 4.39 Å². The molecular weight excluding hydrogens is 345 g/mol. The van der Waals surface area contributed by atoms with Gasteiger partial charge in [0.05, 0.1) is 10.6 Å². The highest BCUT2D eigenvalue weighted by Crippen LogP contribution is 2.21. The Morgan fingerprint density at radius 3 is 2.30 bits per heavy atom. The largest absolute Gasteiger partial charge is 0.326 e. The maximum atomic E-state index is 13.3. The van der Waals surface area contributed by atoms with Crippen LogP contribution in [0.15, 0.2) is 51.8 Å². The van der Waals surface area contributed by atoms with Crippen LogP contribution in [0.1, 0.15) is 11.1 Å². The molecule has 0 aliphatic heterocycles. The Balaban J connectivity index is 2.37. The molecule has 0 aromatic heterocycles. The third kappa shape index (κ3) is 3.45. The van der Waals surface area contributed by atoms with E-state index in [-0.39, 0.29) is 17.2 Å². The van der Waals surface area contributed by atoms with Crippen LogP contribution in [-0.4, -0.2) is 8.42 Å². The summed E-state index contributed by atoms with van der Waals surface area (Å²) in [6.45, 7) is 0.172. The maximum absolute atomic E-state index is 13.3. The summed E-state index contributed by atoms with van der Waals surface area (Å²) in [5.41, 5.74) is 6.58. The Hall–Kier alpha value is -1.24. The van der Waals surface area contributed by atoms with Crippen LogP contribution in [0.5, 0.6) is 0 Å². The first-order valence-electron chi connectivity index (χ1n) is 5.88. The fourth-order valence-electron chi connectivity index (χ4n) is 1.86. The molecule has 0 aliphatic rings. The van der Waals surface area contributed by atoms with E-state index in [9.17, 15) is 12.8 Å². The molecule has 0 heterocycles. The van der Waals surface area contributed by atoms with Crippen LogP contribution in [0.3, 0.4) is 0 Å². The lowest BCUT2D eigenvalue weighted by Crippen LogP contribution is -2.09. The molecule has 0 bridgehead atoms. The summed E-state index contributed by atoms with van der Waals surface area (Å²) in [6, 6.07) is 10.4. The van der Waals surface area contributed by atoms with Gasteiger partial charge < -0.3 is 5.73 Å². The van der Waals surface area contributed by atoms with Gasteiger partial charge in [0.25, 0.3) is 0 Å². The topological polar surface area (TPSA) is 60.2 Å². The van der Waals surface area contributed by atoms with E-state index in [0.717, 1.165) is 4.47 Å². The molecule has 0 fully saturated rings. The maximum Gasteiger partial charge on any atom is 0.182 e. The zero-order valence-corrected chi connectivity index (χ0v) is 12.9. The minimum Gasteiger partial charge on any atom is -0.326 e. The van der Waals surface area contributed by atoms with E-state index in [2.05, 4.69) is 15.9 Å². The monoisotopic (exact) mass is 357 g/mol. The van der Waals surface area contributed by atoms with Gasteiger partial charge in [-0.05, 0) is 47.5 Å². The zero-order valence-electron chi connectivity index (χ0n) is 10.5. The number of halogens is 2. The summed E-state index contributed by atoms with van der Waals surface area (Å²) in [7, 11) is -3.52. The van der Waals surface area contributed by atoms with Crippen LogP contribution in [-0.2, 0) is 22.1 Å². The number of sulfone groups is 1. The molecule has 20 heavy (non-hydrogen) atoms. The Kier molecular flexibility index (Phi) is 4.57. The standard InChI is InChI=1S/C14H13BrFNO2S/c15-12-2-5-14(6-3-12)20(18,19)9-11-7-13(16)4-1-10(11)8-17/h1-7H,8-9,17H2. The molecule has 106 valence electrons. The Morgan fingerprint density at radius 1 is 1.05 bits per heavy atom. The number of hydrogen-bond donors (Lipinski definition) is 1. The Labute approximate surface area is 125 Å². The lowest BCUT2D eigenvalue weighted by atomic mass is 10.1. The second kappa shape index (κ2) is 6.03. The fraction of sp³-hybridized carbons (Fsp3) is 0.143. The number of nitrogens with two attached hydrogens (primary N) is 1. The first-order valence-corrected chi connectivity index (χ1v) is 8.32. The van der Waals surface area contributed by atoms with Crippen molar-refractivity contribution in [3.63, 3.8) is 0 Å². The van der Waals surface area contributed by atoms with Gasteiger partial charge in [-0.1, -0.05) is 22.0 Å². The predicted molar refractivity (Wildman–Crippen MR) is 79.3 cm³/mol. The second-order valence-corrected chi connectivity index (χ2v) is 7.24. The zero-order chi connectivity index (χ0) is 14.8. The summed E-state index contributed by atoms with van der Waals surface area (Å²) in [5, 5.41) is 0. The van der Waals surface area contributed by atoms with Gasteiger partial charge in [-0.2, -0.15) is 0 Å². The lowest BCUT2D eigenvalue weighted by Gasteiger charge is -2.09. The summed E-state index contributed by atoms with van der Waals surface area (Å²) < 4.78 is 38.7. The molecule has 0 saturated carbocycles. The van der Waals surface area contributed by atoms with Crippen molar-refractivity contribution in [2.45, 2.75) is 17.2 Å². The summed E-state index contributed by atoms with van der Waals surface area (Å²) in [4.78, 5) is 0.202. The van der Waals surface area contributed by atoms with E-state index < -0.39 is 15.7 Å². The van der Waals surface area contributed by atoms with Crippen LogP contribution in [0.2, 0.25) is 0 Å². The van der Waals surface area contributed by atoms with Gasteiger partial charge >= 0.3 is 0 Å². The van der Waals surface area contributed by atoms with Gasteiger partial charge in [0.15, 0.2) is 9.84 Å². The molecule has 2 N–H and O–H groups in total. The predicted octanol–water partition coefficient (Wildman–Crippen LogP) is 3.02. The fourth-order valence-corrected chi connectivity index (χ4v) is 3.52. The van der Waals surface area contributed by atoms with Crippen molar-refractivity contribution in [1.29, 1.82) is 0 Å². The summed E-state index contributed by atoms with van der Waals surface area (Å²) >= 11 is 3.25. The van der Waals surface area contributed by atoms with Gasteiger partial charge in [0.1, 0.15) is 5.82 Å². The van der Waals surface area contributed by atoms with Gasteiger partial charge in [0, 0.05) is 11.0 Å². The minimum absolute atomic E-state index is 0.172. The molecule has 0 amide bonds. The van der Waals surface area contributed by atoms with Crippen molar-refractivity contribution >= 4 is 25.8 Å². The molecule has 0 spiro atoms. The molecule has 0 aliphatic carbocycles. The molecule has 2 aromatic carbocycles. The SMILES string of the molecule is NCc1ccc(F)cc1CS(=O)(=O)c1ccc(Br)cc1. The van der Waals surface area contributed by atoms with E-state index in [4.69, 9.17) is 5.73 Å². The van der Waals surface area contributed by atoms with Crippen LogP contribution in [0.25, 0.3) is 0 Å². The van der Waals surface area contributed by atoms with E-state index in [1.165, 1.54) is 30.3 Å². The third-order valence-electron chi connectivity index (χ3n) is 2.91.